The number of nitrogens with two attached hydrogens (primary N) is 1. The molecular formula is C13H8Cl2FN5. The number of hydrogen-bond acceptors (Lipinski definition) is 4. The summed E-state index contributed by atoms with van der Waals surface area (Å²) < 4.78 is 14.8. The summed E-state index contributed by atoms with van der Waals surface area (Å²) in [6, 6.07) is 8.86. The van der Waals surface area contributed by atoms with Crippen LogP contribution in [0, 0.1) is 5.82 Å². The lowest BCUT2D eigenvalue weighted by atomic mass is 10.1. The first kappa shape index (κ1) is 13.8. The molecule has 0 aliphatic rings. The summed E-state index contributed by atoms with van der Waals surface area (Å²) in [5.41, 5.74) is 7.16. The normalized spacial score (nSPS) is 10.8. The molecule has 0 unspecified atom stereocenters. The number of benzene rings is 2. The second kappa shape index (κ2) is 5.31. The largest absolute Gasteiger partial charge is 0.398 e. The van der Waals surface area contributed by atoms with Gasteiger partial charge in [0.25, 0.3) is 0 Å². The van der Waals surface area contributed by atoms with Gasteiger partial charge in [-0.1, -0.05) is 23.2 Å². The molecule has 106 valence electrons. The van der Waals surface area contributed by atoms with Crippen LogP contribution in [0.1, 0.15) is 0 Å². The van der Waals surface area contributed by atoms with Gasteiger partial charge in [0.05, 0.1) is 5.69 Å². The highest BCUT2D eigenvalue weighted by Crippen LogP contribution is 2.28. The zero-order valence-electron chi connectivity index (χ0n) is 10.5. The quantitative estimate of drug-likeness (QED) is 0.734. The fraction of sp³-hybridized carbons (Fsp3) is 0. The molecule has 0 spiro atoms. The number of hydrogen-bond donors (Lipinski definition) is 1. The first-order valence-electron chi connectivity index (χ1n) is 5.85. The van der Waals surface area contributed by atoms with Crippen LogP contribution in [0.2, 0.25) is 10.0 Å². The monoisotopic (exact) mass is 323 g/mol. The van der Waals surface area contributed by atoms with E-state index in [2.05, 4.69) is 15.5 Å². The van der Waals surface area contributed by atoms with Gasteiger partial charge in [-0.3, -0.25) is 0 Å². The summed E-state index contributed by atoms with van der Waals surface area (Å²) in [5.74, 6) is -0.136. The minimum Gasteiger partial charge on any atom is -0.398 e. The molecule has 0 saturated carbocycles. The zero-order valence-corrected chi connectivity index (χ0v) is 12.0. The first-order chi connectivity index (χ1) is 10.0. The maximum Gasteiger partial charge on any atom is 0.189 e. The first-order valence-corrected chi connectivity index (χ1v) is 6.60. The molecule has 2 aromatic carbocycles. The van der Waals surface area contributed by atoms with Gasteiger partial charge in [0.1, 0.15) is 5.82 Å². The van der Waals surface area contributed by atoms with E-state index in [-0.39, 0.29) is 0 Å². The van der Waals surface area contributed by atoms with Crippen LogP contribution in [0.4, 0.5) is 10.1 Å². The molecule has 1 aromatic heterocycles. The van der Waals surface area contributed by atoms with Crippen LogP contribution in [0.25, 0.3) is 17.1 Å². The molecular weight excluding hydrogens is 316 g/mol. The fourth-order valence-electron chi connectivity index (χ4n) is 1.91. The SMILES string of the molecule is Nc1ccc(F)cc1-c1nnnn1-c1cc(Cl)cc(Cl)c1. The van der Waals surface area contributed by atoms with Crippen LogP contribution in [-0.2, 0) is 0 Å². The summed E-state index contributed by atoms with van der Waals surface area (Å²) in [5, 5.41) is 12.2. The Kier molecular flexibility index (Phi) is 3.48. The second-order valence-electron chi connectivity index (χ2n) is 4.27. The number of anilines is 1. The summed E-state index contributed by atoms with van der Waals surface area (Å²) >= 11 is 11.9. The second-order valence-corrected chi connectivity index (χ2v) is 5.15. The van der Waals surface area contributed by atoms with Crippen molar-refractivity contribution in [2.24, 2.45) is 0 Å². The van der Waals surface area contributed by atoms with Crippen molar-refractivity contribution in [2.45, 2.75) is 0 Å². The molecule has 2 N–H and O–H groups in total. The van der Waals surface area contributed by atoms with Gasteiger partial charge in [-0.05, 0) is 46.8 Å². The van der Waals surface area contributed by atoms with Gasteiger partial charge in [-0.25, -0.2) is 4.39 Å². The summed E-state index contributed by atoms with van der Waals surface area (Å²) in [7, 11) is 0. The molecule has 0 saturated heterocycles. The average Bonchev–Trinajstić information content (AvgIpc) is 2.89. The van der Waals surface area contributed by atoms with E-state index in [0.29, 0.717) is 32.8 Å². The third-order valence-electron chi connectivity index (χ3n) is 2.82. The van der Waals surface area contributed by atoms with Crippen molar-refractivity contribution in [3.63, 3.8) is 0 Å². The van der Waals surface area contributed by atoms with E-state index in [1.165, 1.54) is 22.9 Å². The summed E-state index contributed by atoms with van der Waals surface area (Å²) in [6.07, 6.45) is 0. The van der Waals surface area contributed by atoms with Gasteiger partial charge in [-0.2, -0.15) is 4.68 Å². The predicted octanol–water partition coefficient (Wildman–Crippen LogP) is 3.36. The molecule has 0 bridgehead atoms. The topological polar surface area (TPSA) is 69.6 Å². The fourth-order valence-corrected chi connectivity index (χ4v) is 2.43. The average molecular weight is 324 g/mol. The highest BCUT2D eigenvalue weighted by molar-refractivity contribution is 6.34. The molecule has 8 heteroatoms. The number of halogens is 3. The Labute approximate surface area is 129 Å². The molecule has 3 aromatic rings. The number of rotatable bonds is 2. The van der Waals surface area contributed by atoms with Crippen LogP contribution < -0.4 is 5.73 Å². The lowest BCUT2D eigenvalue weighted by Gasteiger charge is -2.08. The van der Waals surface area contributed by atoms with Gasteiger partial charge in [0, 0.05) is 21.3 Å². The Hall–Kier alpha value is -2.18. The van der Waals surface area contributed by atoms with Crippen molar-refractivity contribution in [1.82, 2.24) is 20.2 Å². The van der Waals surface area contributed by atoms with Crippen LogP contribution in [0.3, 0.4) is 0 Å². The summed E-state index contributed by atoms with van der Waals surface area (Å²) in [6.45, 7) is 0. The molecule has 1 heterocycles. The lowest BCUT2D eigenvalue weighted by Crippen LogP contribution is -2.02. The standard InChI is InChI=1S/C13H8Cl2FN5/c14-7-3-8(15)5-10(4-7)21-13(18-19-20-21)11-6-9(16)1-2-12(11)17/h1-6H,17H2. The van der Waals surface area contributed by atoms with Gasteiger partial charge >= 0.3 is 0 Å². The Balaban J connectivity index is 2.19. The van der Waals surface area contributed by atoms with Gasteiger partial charge in [0.15, 0.2) is 5.82 Å². The Bertz CT molecular complexity index is 798. The smallest absolute Gasteiger partial charge is 0.189 e. The van der Waals surface area contributed by atoms with Crippen molar-refractivity contribution >= 4 is 28.9 Å². The highest BCUT2D eigenvalue weighted by atomic mass is 35.5. The number of nitrogens with zero attached hydrogens (tertiary/aromatic N) is 4. The Morgan fingerprint density at radius 3 is 2.48 bits per heavy atom. The van der Waals surface area contributed by atoms with Gasteiger partial charge in [0.2, 0.25) is 0 Å². The molecule has 21 heavy (non-hydrogen) atoms. The minimum atomic E-state index is -0.433. The molecule has 3 rings (SSSR count). The van der Waals surface area contributed by atoms with E-state index in [1.54, 1.807) is 18.2 Å². The predicted molar refractivity (Wildman–Crippen MR) is 79.0 cm³/mol. The molecule has 0 amide bonds. The van der Waals surface area contributed by atoms with E-state index in [0.717, 1.165) is 0 Å². The van der Waals surface area contributed by atoms with Crippen LogP contribution >= 0.6 is 23.2 Å². The van der Waals surface area contributed by atoms with E-state index in [9.17, 15) is 4.39 Å². The van der Waals surface area contributed by atoms with Crippen LogP contribution in [0.15, 0.2) is 36.4 Å². The third-order valence-corrected chi connectivity index (χ3v) is 3.25. The minimum absolute atomic E-state index is 0.297. The van der Waals surface area contributed by atoms with Gasteiger partial charge in [-0.15, -0.1) is 5.10 Å². The van der Waals surface area contributed by atoms with E-state index in [4.69, 9.17) is 28.9 Å². The van der Waals surface area contributed by atoms with Gasteiger partial charge < -0.3 is 5.73 Å². The van der Waals surface area contributed by atoms with E-state index < -0.39 is 5.82 Å². The number of aromatic nitrogens is 4. The van der Waals surface area contributed by atoms with Crippen molar-refractivity contribution < 1.29 is 4.39 Å². The molecule has 5 nitrogen and oxygen atoms in total. The molecule has 0 atom stereocenters. The Morgan fingerprint density at radius 1 is 1.05 bits per heavy atom. The number of nitrogen functional groups attached to an aromatic ring is 1. The van der Waals surface area contributed by atoms with Crippen LogP contribution in [-0.4, -0.2) is 20.2 Å². The zero-order chi connectivity index (χ0) is 15.0. The van der Waals surface area contributed by atoms with Crippen molar-refractivity contribution in [1.29, 1.82) is 0 Å². The highest BCUT2D eigenvalue weighted by Gasteiger charge is 2.15. The third kappa shape index (κ3) is 2.68. The summed E-state index contributed by atoms with van der Waals surface area (Å²) in [4.78, 5) is 0. The Morgan fingerprint density at radius 2 is 1.76 bits per heavy atom. The molecule has 0 fully saturated rings. The molecule has 0 aliphatic heterocycles. The maximum absolute atomic E-state index is 13.4. The van der Waals surface area contributed by atoms with Crippen LogP contribution in [0.5, 0.6) is 0 Å². The van der Waals surface area contributed by atoms with E-state index in [1.807, 2.05) is 0 Å². The lowest BCUT2D eigenvalue weighted by molar-refractivity contribution is 0.628. The van der Waals surface area contributed by atoms with Crippen molar-refractivity contribution in [2.75, 3.05) is 5.73 Å². The molecule has 0 radical (unpaired) electrons. The molecule has 0 aliphatic carbocycles. The van der Waals surface area contributed by atoms with Crippen molar-refractivity contribution in [3.05, 3.63) is 52.3 Å². The maximum atomic E-state index is 13.4. The van der Waals surface area contributed by atoms with Crippen molar-refractivity contribution in [3.8, 4) is 17.1 Å². The van der Waals surface area contributed by atoms with E-state index >= 15 is 0 Å². The number of tetrazole rings is 1.